The van der Waals surface area contributed by atoms with E-state index in [0.717, 1.165) is 43.1 Å². The molecule has 0 spiro atoms. The van der Waals surface area contributed by atoms with E-state index in [1.165, 1.54) is 19.1 Å². The number of aliphatic carboxylic acids is 1. The van der Waals surface area contributed by atoms with Crippen molar-refractivity contribution in [2.75, 3.05) is 5.32 Å². The normalized spacial score (nSPS) is 14.5. The smallest absolute Gasteiger partial charge is 0.344 e. The van der Waals surface area contributed by atoms with Gasteiger partial charge < -0.3 is 19.7 Å². The summed E-state index contributed by atoms with van der Waals surface area (Å²) in [5.41, 5.74) is 1.24. The number of carbonyl (C=O) groups excluding carboxylic acids is 1. The van der Waals surface area contributed by atoms with Crippen LogP contribution in [-0.4, -0.2) is 28.2 Å². The van der Waals surface area contributed by atoms with Gasteiger partial charge in [-0.3, -0.25) is 4.79 Å². The van der Waals surface area contributed by atoms with E-state index in [4.69, 9.17) is 14.4 Å². The van der Waals surface area contributed by atoms with Crippen LogP contribution in [0.15, 0.2) is 22.7 Å². The first kappa shape index (κ1) is 16.9. The molecule has 0 saturated carbocycles. The maximum Gasteiger partial charge on any atom is 0.344 e. The predicted molar refractivity (Wildman–Crippen MR) is 85.2 cm³/mol. The molecule has 8 heteroatoms. The number of rotatable bonds is 5. The molecule has 2 N–H and O–H groups in total. The van der Waals surface area contributed by atoms with Crippen LogP contribution < -0.4 is 10.1 Å². The summed E-state index contributed by atoms with van der Waals surface area (Å²) in [5, 5.41) is 15.2. The molecule has 0 aliphatic heterocycles. The van der Waals surface area contributed by atoms with Gasteiger partial charge in [0.2, 0.25) is 0 Å². The summed E-state index contributed by atoms with van der Waals surface area (Å²) >= 11 is 0. The number of aromatic nitrogens is 1. The first-order valence-electron chi connectivity index (χ1n) is 7.93. The lowest BCUT2D eigenvalue weighted by Gasteiger charge is -2.12. The number of halogens is 1. The zero-order valence-corrected chi connectivity index (χ0v) is 13.5. The second-order valence-corrected chi connectivity index (χ2v) is 5.84. The molecule has 1 aliphatic rings. The Morgan fingerprint density at radius 3 is 2.84 bits per heavy atom. The standard InChI is InChI=1S/C17H17FN2O5/c1-9(17(22)23)24-14-7-6-10(8-12(14)18)19-16(21)15-11-4-2-3-5-13(11)25-20-15/h6-9H,2-5H2,1H3,(H,19,21)(H,22,23). The van der Waals surface area contributed by atoms with Crippen LogP contribution in [0.3, 0.4) is 0 Å². The van der Waals surface area contributed by atoms with Gasteiger partial charge in [-0.05, 0) is 38.3 Å². The lowest BCUT2D eigenvalue weighted by molar-refractivity contribution is -0.144. The Bertz CT molecular complexity index is 817. The molecule has 0 bridgehead atoms. The fraction of sp³-hybridized carbons (Fsp3) is 0.353. The van der Waals surface area contributed by atoms with Gasteiger partial charge in [0, 0.05) is 23.7 Å². The van der Waals surface area contributed by atoms with E-state index in [-0.39, 0.29) is 17.1 Å². The third kappa shape index (κ3) is 3.62. The van der Waals surface area contributed by atoms with Crippen LogP contribution in [0.1, 0.15) is 41.6 Å². The molecule has 25 heavy (non-hydrogen) atoms. The molecule has 0 saturated heterocycles. The van der Waals surface area contributed by atoms with Crippen molar-refractivity contribution < 1.29 is 28.3 Å². The summed E-state index contributed by atoms with van der Waals surface area (Å²) in [4.78, 5) is 23.1. The second kappa shape index (κ2) is 6.92. The first-order chi connectivity index (χ1) is 12.0. The largest absolute Gasteiger partial charge is 0.479 e. The zero-order valence-electron chi connectivity index (χ0n) is 13.5. The molecule has 1 unspecified atom stereocenters. The molecule has 1 aromatic carbocycles. The summed E-state index contributed by atoms with van der Waals surface area (Å²) in [6.45, 7) is 1.30. The molecule has 132 valence electrons. The zero-order chi connectivity index (χ0) is 18.0. The highest BCUT2D eigenvalue weighted by Gasteiger charge is 2.24. The van der Waals surface area contributed by atoms with Crippen molar-refractivity contribution in [3.05, 3.63) is 41.0 Å². The maximum atomic E-state index is 14.0. The van der Waals surface area contributed by atoms with Gasteiger partial charge in [0.15, 0.2) is 23.4 Å². The minimum atomic E-state index is -1.20. The van der Waals surface area contributed by atoms with E-state index in [2.05, 4.69) is 10.5 Å². The van der Waals surface area contributed by atoms with Crippen molar-refractivity contribution in [2.24, 2.45) is 0 Å². The van der Waals surface area contributed by atoms with Gasteiger partial charge in [-0.1, -0.05) is 5.16 Å². The number of amides is 1. The number of hydrogen-bond acceptors (Lipinski definition) is 5. The molecule has 1 amide bonds. The number of benzene rings is 1. The van der Waals surface area contributed by atoms with Crippen molar-refractivity contribution in [3.8, 4) is 5.75 Å². The fourth-order valence-corrected chi connectivity index (χ4v) is 2.67. The van der Waals surface area contributed by atoms with E-state index in [9.17, 15) is 14.0 Å². The SMILES string of the molecule is CC(Oc1ccc(NC(=O)c2noc3c2CCCC3)cc1F)C(=O)O. The predicted octanol–water partition coefficient (Wildman–Crippen LogP) is 2.80. The highest BCUT2D eigenvalue weighted by atomic mass is 19.1. The molecular formula is C17H17FN2O5. The number of hydrogen-bond donors (Lipinski definition) is 2. The van der Waals surface area contributed by atoms with Gasteiger partial charge in [-0.15, -0.1) is 0 Å². The average molecular weight is 348 g/mol. The Labute approximate surface area is 142 Å². The number of anilines is 1. The molecule has 2 aromatic rings. The Kier molecular flexibility index (Phi) is 4.69. The number of carbonyl (C=O) groups is 2. The maximum absolute atomic E-state index is 14.0. The molecule has 1 aliphatic carbocycles. The van der Waals surface area contributed by atoms with E-state index in [1.54, 1.807) is 0 Å². The van der Waals surface area contributed by atoms with Crippen molar-refractivity contribution in [1.29, 1.82) is 0 Å². The van der Waals surface area contributed by atoms with Crippen molar-refractivity contribution in [3.63, 3.8) is 0 Å². The minimum absolute atomic E-state index is 0.202. The minimum Gasteiger partial charge on any atom is -0.479 e. The van der Waals surface area contributed by atoms with Gasteiger partial charge in [-0.25, -0.2) is 9.18 Å². The number of ether oxygens (including phenoxy) is 1. The van der Waals surface area contributed by atoms with Crippen molar-refractivity contribution in [1.82, 2.24) is 5.16 Å². The molecule has 1 heterocycles. The van der Waals surface area contributed by atoms with E-state index in [1.807, 2.05) is 0 Å². The molecule has 1 aromatic heterocycles. The molecule has 0 radical (unpaired) electrons. The van der Waals surface area contributed by atoms with Crippen LogP contribution >= 0.6 is 0 Å². The van der Waals surface area contributed by atoms with Gasteiger partial charge in [-0.2, -0.15) is 0 Å². The van der Waals surface area contributed by atoms with Crippen LogP contribution in [0.5, 0.6) is 5.75 Å². The van der Waals surface area contributed by atoms with Gasteiger partial charge in [0.05, 0.1) is 0 Å². The second-order valence-electron chi connectivity index (χ2n) is 5.84. The molecule has 0 fully saturated rings. The Morgan fingerprint density at radius 1 is 1.36 bits per heavy atom. The van der Waals surface area contributed by atoms with Crippen LogP contribution in [-0.2, 0) is 17.6 Å². The monoisotopic (exact) mass is 348 g/mol. The quantitative estimate of drug-likeness (QED) is 0.861. The van der Waals surface area contributed by atoms with Crippen molar-refractivity contribution >= 4 is 17.6 Å². The lowest BCUT2D eigenvalue weighted by atomic mass is 9.96. The summed E-state index contributed by atoms with van der Waals surface area (Å²) in [6, 6.07) is 3.76. The van der Waals surface area contributed by atoms with Gasteiger partial charge >= 0.3 is 5.97 Å². The molecular weight excluding hydrogens is 331 g/mol. The van der Waals surface area contributed by atoms with Gasteiger partial charge in [0.25, 0.3) is 5.91 Å². The molecule has 3 rings (SSSR count). The third-order valence-electron chi connectivity index (χ3n) is 4.01. The highest BCUT2D eigenvalue weighted by Crippen LogP contribution is 2.26. The third-order valence-corrected chi connectivity index (χ3v) is 4.01. The number of carboxylic acids is 1. The van der Waals surface area contributed by atoms with Crippen LogP contribution in [0.25, 0.3) is 0 Å². The number of nitrogens with zero attached hydrogens (tertiary/aromatic N) is 1. The number of carboxylic acid groups (broad SMARTS) is 1. The molecule has 7 nitrogen and oxygen atoms in total. The topological polar surface area (TPSA) is 102 Å². The van der Waals surface area contributed by atoms with Crippen LogP contribution in [0, 0.1) is 5.82 Å². The molecule has 1 atom stereocenters. The number of nitrogens with one attached hydrogen (secondary N) is 1. The van der Waals surface area contributed by atoms with E-state index in [0.29, 0.717) is 0 Å². The first-order valence-corrected chi connectivity index (χ1v) is 7.93. The van der Waals surface area contributed by atoms with E-state index < -0.39 is 23.8 Å². The van der Waals surface area contributed by atoms with Gasteiger partial charge in [0.1, 0.15) is 5.76 Å². The number of fused-ring (bicyclic) bond motifs is 1. The summed E-state index contributed by atoms with van der Waals surface area (Å²) in [7, 11) is 0. The summed E-state index contributed by atoms with van der Waals surface area (Å²) < 4.78 is 24.2. The average Bonchev–Trinajstić information content (AvgIpc) is 3.01. The van der Waals surface area contributed by atoms with Crippen molar-refractivity contribution in [2.45, 2.75) is 38.7 Å². The Balaban J connectivity index is 1.73. The fourth-order valence-electron chi connectivity index (χ4n) is 2.67. The Hall–Kier alpha value is -2.90. The summed E-state index contributed by atoms with van der Waals surface area (Å²) in [6.07, 6.45) is 2.28. The number of aryl methyl sites for hydroxylation is 1. The summed E-state index contributed by atoms with van der Waals surface area (Å²) in [5.74, 6) is -1.92. The van der Waals surface area contributed by atoms with Crippen LogP contribution in [0.2, 0.25) is 0 Å². The Morgan fingerprint density at radius 2 is 2.12 bits per heavy atom. The van der Waals surface area contributed by atoms with Crippen LogP contribution in [0.4, 0.5) is 10.1 Å². The highest BCUT2D eigenvalue weighted by molar-refractivity contribution is 6.04. The lowest BCUT2D eigenvalue weighted by Crippen LogP contribution is -2.23. The van der Waals surface area contributed by atoms with E-state index >= 15 is 0 Å².